The van der Waals surface area contributed by atoms with Crippen LogP contribution < -0.4 is 5.56 Å². The van der Waals surface area contributed by atoms with Crippen molar-refractivity contribution in [1.82, 2.24) is 4.98 Å². The van der Waals surface area contributed by atoms with Crippen LogP contribution in [0.1, 0.15) is 11.1 Å². The average molecular weight is 693 g/mol. The van der Waals surface area contributed by atoms with Gasteiger partial charge in [0.15, 0.2) is 12.4 Å². The van der Waals surface area contributed by atoms with Gasteiger partial charge < -0.3 is 0 Å². The van der Waals surface area contributed by atoms with Crippen LogP contribution in [0.4, 0.5) is 0 Å². The van der Waals surface area contributed by atoms with Crippen molar-refractivity contribution in [3.05, 3.63) is 103 Å². The summed E-state index contributed by atoms with van der Waals surface area (Å²) in [6, 6.07) is 24.0. The molecule has 35 heavy (non-hydrogen) atoms. The Bertz CT molecular complexity index is 1940. The Labute approximate surface area is 233 Å². The van der Waals surface area contributed by atoms with Gasteiger partial charge in [0, 0.05) is 56.3 Å². The van der Waals surface area contributed by atoms with Gasteiger partial charge in [-0.15, -0.1) is 16.9 Å². The molecule has 7 aromatic rings. The van der Waals surface area contributed by atoms with Crippen molar-refractivity contribution >= 4 is 111 Å². The SMILES string of the molecule is I[n+]1ccccc1-c1ccncc1/C=C/c1ccc2sc3cccc4c5ccc[n+](I)c5c1c2c34. The molecule has 0 aliphatic heterocycles. The molecule has 0 spiro atoms. The Balaban J connectivity index is 1.52. The van der Waals surface area contributed by atoms with Gasteiger partial charge in [-0.05, 0) is 41.3 Å². The molecule has 0 aliphatic carbocycles. The molecule has 7 rings (SSSR count). The first-order valence-electron chi connectivity index (χ1n) is 11.2. The van der Waals surface area contributed by atoms with E-state index >= 15 is 0 Å². The average Bonchev–Trinajstić information content (AvgIpc) is 3.27. The van der Waals surface area contributed by atoms with E-state index in [0.29, 0.717) is 0 Å². The Morgan fingerprint density at radius 3 is 2.43 bits per heavy atom. The molecule has 4 aromatic heterocycles. The van der Waals surface area contributed by atoms with Crippen molar-refractivity contribution < 1.29 is 5.56 Å². The summed E-state index contributed by atoms with van der Waals surface area (Å²) in [6.45, 7) is 0. The number of hydrogen-bond donors (Lipinski definition) is 0. The summed E-state index contributed by atoms with van der Waals surface area (Å²) in [5.41, 5.74) is 5.88. The van der Waals surface area contributed by atoms with Crippen LogP contribution in [0.5, 0.6) is 0 Å². The Morgan fingerprint density at radius 2 is 1.51 bits per heavy atom. The van der Waals surface area contributed by atoms with Crippen LogP contribution in [0.3, 0.4) is 0 Å². The van der Waals surface area contributed by atoms with Crippen molar-refractivity contribution in [3.8, 4) is 11.3 Å². The standard InChI is InChI=1S/C29H17I2N3S/c30-33-15-2-1-7-23(33)20-13-14-32-17-19(20)10-9-18-11-12-25-28-26(18)29-22(6-4-16-34(29)31)21-5-3-8-24(35-25)27(21)28/h1-17H/q+2. The van der Waals surface area contributed by atoms with Crippen molar-refractivity contribution in [3.63, 3.8) is 0 Å². The maximum absolute atomic E-state index is 4.43. The highest BCUT2D eigenvalue weighted by molar-refractivity contribution is 14.1. The quantitative estimate of drug-likeness (QED) is 0.136. The Morgan fingerprint density at radius 1 is 0.686 bits per heavy atom. The lowest BCUT2D eigenvalue weighted by molar-refractivity contribution is -0.427. The van der Waals surface area contributed by atoms with Gasteiger partial charge in [-0.25, -0.2) is 0 Å². The Kier molecular flexibility index (Phi) is 5.22. The monoisotopic (exact) mass is 693 g/mol. The summed E-state index contributed by atoms with van der Waals surface area (Å²) in [7, 11) is 0. The number of nitrogens with zero attached hydrogens (tertiary/aromatic N) is 3. The van der Waals surface area contributed by atoms with Crippen molar-refractivity contribution in [2.45, 2.75) is 0 Å². The fraction of sp³-hybridized carbons (Fsp3) is 0. The highest BCUT2D eigenvalue weighted by atomic mass is 127. The van der Waals surface area contributed by atoms with E-state index in [-0.39, 0.29) is 0 Å². The molecule has 0 saturated carbocycles. The van der Waals surface area contributed by atoms with Crippen LogP contribution in [0, 0.1) is 0 Å². The minimum absolute atomic E-state index is 1.10. The first kappa shape index (κ1) is 21.6. The molecular weight excluding hydrogens is 676 g/mol. The number of rotatable bonds is 3. The molecule has 0 fully saturated rings. The molecular formula is C29H17I2N3S+2. The van der Waals surface area contributed by atoms with Gasteiger partial charge in [-0.2, -0.15) is 0 Å². The van der Waals surface area contributed by atoms with Crippen molar-refractivity contribution in [2.75, 3.05) is 0 Å². The molecule has 0 unspecified atom stereocenters. The van der Waals surface area contributed by atoms with Gasteiger partial charge in [0.2, 0.25) is 11.2 Å². The van der Waals surface area contributed by atoms with E-state index < -0.39 is 0 Å². The van der Waals surface area contributed by atoms with Gasteiger partial charge >= 0.3 is 45.7 Å². The third kappa shape index (κ3) is 3.37. The summed E-state index contributed by atoms with van der Waals surface area (Å²) < 4.78 is 7.04. The van der Waals surface area contributed by atoms with E-state index in [1.165, 1.54) is 47.4 Å². The molecule has 0 amide bonds. The number of fused-ring (bicyclic) bond motifs is 3. The van der Waals surface area contributed by atoms with E-state index in [2.05, 4.69) is 141 Å². The molecule has 3 aromatic carbocycles. The zero-order chi connectivity index (χ0) is 23.5. The van der Waals surface area contributed by atoms with Crippen LogP contribution in [0.25, 0.3) is 65.3 Å². The lowest BCUT2D eigenvalue weighted by Crippen LogP contribution is -2.21. The minimum atomic E-state index is 1.10. The zero-order valence-corrected chi connectivity index (χ0v) is 23.5. The predicted octanol–water partition coefficient (Wildman–Crippen LogP) is 8.00. The molecule has 0 saturated heterocycles. The highest BCUT2D eigenvalue weighted by Crippen LogP contribution is 2.45. The third-order valence-corrected chi connectivity index (χ3v) is 9.32. The molecule has 0 bridgehead atoms. The second kappa shape index (κ2) is 8.46. The van der Waals surface area contributed by atoms with E-state index in [9.17, 15) is 0 Å². The van der Waals surface area contributed by atoms with Crippen molar-refractivity contribution in [1.29, 1.82) is 0 Å². The molecule has 0 N–H and O–H groups in total. The second-order valence-electron chi connectivity index (χ2n) is 8.46. The second-order valence-corrected chi connectivity index (χ2v) is 11.6. The predicted molar refractivity (Wildman–Crippen MR) is 163 cm³/mol. The summed E-state index contributed by atoms with van der Waals surface area (Å²) in [4.78, 5) is 4.43. The molecule has 0 aliphatic rings. The smallest absolute Gasteiger partial charge is 0.264 e. The van der Waals surface area contributed by atoms with Gasteiger partial charge in [-0.1, -0.05) is 30.4 Å². The number of pyridine rings is 3. The van der Waals surface area contributed by atoms with E-state index in [4.69, 9.17) is 0 Å². The first-order chi connectivity index (χ1) is 17.2. The normalized spacial score (nSPS) is 12.2. The fourth-order valence-electron chi connectivity index (χ4n) is 5.07. The zero-order valence-electron chi connectivity index (χ0n) is 18.3. The lowest BCUT2D eigenvalue weighted by atomic mass is 9.94. The lowest BCUT2D eigenvalue weighted by Gasteiger charge is -2.09. The summed E-state index contributed by atoms with van der Waals surface area (Å²) in [6.07, 6.45) is 12.5. The first-order valence-corrected chi connectivity index (χ1v) is 13.9. The minimum Gasteiger partial charge on any atom is -0.264 e. The summed E-state index contributed by atoms with van der Waals surface area (Å²) in [5, 5.41) is 6.67. The van der Waals surface area contributed by atoms with E-state index in [1.54, 1.807) is 0 Å². The fourth-order valence-corrected chi connectivity index (χ4v) is 7.50. The summed E-state index contributed by atoms with van der Waals surface area (Å²) >= 11 is 6.62. The third-order valence-electron chi connectivity index (χ3n) is 6.55. The molecule has 0 atom stereocenters. The maximum atomic E-state index is 4.43. The Hall–Kier alpha value is -2.69. The number of hydrogen-bond acceptors (Lipinski definition) is 2. The molecule has 4 heterocycles. The van der Waals surface area contributed by atoms with Crippen molar-refractivity contribution in [2.24, 2.45) is 0 Å². The highest BCUT2D eigenvalue weighted by Gasteiger charge is 2.22. The summed E-state index contributed by atoms with van der Waals surface area (Å²) in [5.74, 6) is 0. The number of aromatic nitrogens is 3. The maximum Gasteiger partial charge on any atom is 0.354 e. The van der Waals surface area contributed by atoms with Gasteiger partial charge in [0.1, 0.15) is 0 Å². The topological polar surface area (TPSA) is 20.6 Å². The molecule has 0 radical (unpaired) electrons. The molecule has 166 valence electrons. The van der Waals surface area contributed by atoms with E-state index in [0.717, 1.165) is 16.8 Å². The van der Waals surface area contributed by atoms with Crippen LogP contribution in [0.15, 0.2) is 91.5 Å². The van der Waals surface area contributed by atoms with Gasteiger partial charge in [-0.3, -0.25) is 4.98 Å². The van der Waals surface area contributed by atoms with Crippen LogP contribution in [0.2, 0.25) is 0 Å². The van der Waals surface area contributed by atoms with Crippen LogP contribution in [-0.2, 0) is 0 Å². The number of benzene rings is 3. The van der Waals surface area contributed by atoms with Gasteiger partial charge in [0.25, 0.3) is 0 Å². The number of halogens is 2. The molecule has 6 heteroatoms. The van der Waals surface area contributed by atoms with Crippen LogP contribution >= 0.6 is 57.1 Å². The van der Waals surface area contributed by atoms with E-state index in [1.807, 2.05) is 29.8 Å². The molecule has 3 nitrogen and oxygen atoms in total. The largest absolute Gasteiger partial charge is 0.354 e. The number of thiophene rings is 1. The van der Waals surface area contributed by atoms with Crippen LogP contribution in [-0.4, -0.2) is 4.98 Å². The van der Waals surface area contributed by atoms with Gasteiger partial charge in [0.05, 0.1) is 16.3 Å².